The lowest BCUT2D eigenvalue weighted by atomic mass is 10.0. The zero-order valence-corrected chi connectivity index (χ0v) is 16.9. The van der Waals surface area contributed by atoms with E-state index in [9.17, 15) is 9.59 Å². The third kappa shape index (κ3) is 6.65. The summed E-state index contributed by atoms with van der Waals surface area (Å²) in [7, 11) is 0. The van der Waals surface area contributed by atoms with Gasteiger partial charge in [-0.15, -0.1) is 0 Å². The second-order valence-electron chi connectivity index (χ2n) is 6.74. The first-order valence-electron chi connectivity index (χ1n) is 9.67. The van der Waals surface area contributed by atoms with Crippen LogP contribution >= 0.6 is 0 Å². The van der Waals surface area contributed by atoms with Gasteiger partial charge in [0.25, 0.3) is 5.91 Å². The number of ether oxygens (including phenoxy) is 2. The Morgan fingerprint density at radius 2 is 1.69 bits per heavy atom. The van der Waals surface area contributed by atoms with Gasteiger partial charge >= 0.3 is 5.97 Å². The Morgan fingerprint density at radius 3 is 2.28 bits per heavy atom. The highest BCUT2D eigenvalue weighted by Crippen LogP contribution is 2.19. The Morgan fingerprint density at radius 1 is 1.03 bits per heavy atom. The second kappa shape index (κ2) is 10.9. The maximum absolute atomic E-state index is 12.5. The molecule has 0 radical (unpaired) electrons. The van der Waals surface area contributed by atoms with Crippen LogP contribution in [0, 0.1) is 11.3 Å². The number of esters is 1. The summed E-state index contributed by atoms with van der Waals surface area (Å²) in [6, 6.07) is 18.0. The number of nitriles is 1. The average Bonchev–Trinajstić information content (AvgIpc) is 2.74. The predicted octanol–water partition coefficient (Wildman–Crippen LogP) is 3.91. The van der Waals surface area contributed by atoms with Crippen molar-refractivity contribution >= 4 is 11.9 Å². The lowest BCUT2D eigenvalue weighted by Gasteiger charge is -2.22. The molecule has 2 rings (SSSR count). The lowest BCUT2D eigenvalue weighted by molar-refractivity contribution is -0.161. The fourth-order valence-corrected chi connectivity index (χ4v) is 2.77. The highest BCUT2D eigenvalue weighted by Gasteiger charge is 2.25. The van der Waals surface area contributed by atoms with E-state index in [-0.39, 0.29) is 11.9 Å². The van der Waals surface area contributed by atoms with E-state index < -0.39 is 18.2 Å². The molecular formula is C23H26N2O4. The first-order valence-corrected chi connectivity index (χ1v) is 9.67. The van der Waals surface area contributed by atoms with Crippen molar-refractivity contribution in [2.45, 2.75) is 51.9 Å². The molecule has 0 saturated carbocycles. The van der Waals surface area contributed by atoms with Crippen molar-refractivity contribution in [1.82, 2.24) is 5.32 Å². The minimum Gasteiger partial charge on any atom is -0.479 e. The molecule has 152 valence electrons. The smallest absolute Gasteiger partial charge is 0.347 e. The van der Waals surface area contributed by atoms with Gasteiger partial charge in [0.05, 0.1) is 17.7 Å². The van der Waals surface area contributed by atoms with Gasteiger partial charge in [-0.25, -0.2) is 4.79 Å². The molecule has 0 aliphatic heterocycles. The third-order valence-electron chi connectivity index (χ3n) is 4.39. The molecule has 0 fully saturated rings. The van der Waals surface area contributed by atoms with E-state index >= 15 is 0 Å². The first kappa shape index (κ1) is 22.0. The minimum absolute atomic E-state index is 0.137. The fraction of sp³-hybridized carbons (Fsp3) is 0.348. The van der Waals surface area contributed by atoms with Crippen LogP contribution in [0.3, 0.4) is 0 Å². The summed E-state index contributed by atoms with van der Waals surface area (Å²) >= 11 is 0. The summed E-state index contributed by atoms with van der Waals surface area (Å²) in [6.45, 7) is 5.14. The summed E-state index contributed by atoms with van der Waals surface area (Å²) in [6.07, 6.45) is -0.144. The van der Waals surface area contributed by atoms with Crippen LogP contribution in [0.25, 0.3) is 0 Å². The Kier molecular flexibility index (Phi) is 8.23. The molecule has 0 spiro atoms. The third-order valence-corrected chi connectivity index (χ3v) is 4.39. The molecular weight excluding hydrogens is 368 g/mol. The zero-order chi connectivity index (χ0) is 21.2. The highest BCUT2D eigenvalue weighted by molar-refractivity contribution is 5.84. The van der Waals surface area contributed by atoms with Crippen molar-refractivity contribution in [2.75, 3.05) is 0 Å². The van der Waals surface area contributed by atoms with E-state index in [1.54, 1.807) is 31.2 Å². The summed E-state index contributed by atoms with van der Waals surface area (Å²) in [5.41, 5.74) is 1.51. The molecule has 6 nitrogen and oxygen atoms in total. The molecule has 6 heteroatoms. The number of nitrogens with zero attached hydrogens (tertiary/aromatic N) is 1. The largest absolute Gasteiger partial charge is 0.479 e. The van der Waals surface area contributed by atoms with Gasteiger partial charge in [0.2, 0.25) is 0 Å². The second-order valence-corrected chi connectivity index (χ2v) is 6.74. The normalized spacial score (nSPS) is 13.4. The number of nitrogens with one attached hydrogen (secondary N) is 1. The molecule has 1 N–H and O–H groups in total. The van der Waals surface area contributed by atoms with E-state index in [0.29, 0.717) is 11.3 Å². The van der Waals surface area contributed by atoms with Crippen molar-refractivity contribution in [3.05, 3.63) is 65.7 Å². The van der Waals surface area contributed by atoms with E-state index in [4.69, 9.17) is 14.7 Å². The Labute approximate surface area is 171 Å². The van der Waals surface area contributed by atoms with Crippen molar-refractivity contribution in [3.8, 4) is 11.8 Å². The monoisotopic (exact) mass is 394 g/mol. The van der Waals surface area contributed by atoms with Gasteiger partial charge in [-0.2, -0.15) is 5.26 Å². The van der Waals surface area contributed by atoms with Gasteiger partial charge in [0.15, 0.2) is 12.2 Å². The molecule has 2 aromatic carbocycles. The van der Waals surface area contributed by atoms with Crippen LogP contribution in [0.15, 0.2) is 54.6 Å². The Hall–Kier alpha value is -3.33. The van der Waals surface area contributed by atoms with E-state index in [1.165, 1.54) is 6.92 Å². The standard InChI is InChI=1S/C23H26N2O4/c1-4-8-21(19-9-6-5-7-10-19)25-22(26)16(2)29-23(27)17(3)28-20-13-11-18(15-24)12-14-20/h5-7,9-14,16-17,21H,4,8H2,1-3H3,(H,25,26)/t16-,17+,21+/m0/s1. The predicted molar refractivity (Wildman–Crippen MR) is 109 cm³/mol. The number of amides is 1. The average molecular weight is 394 g/mol. The lowest BCUT2D eigenvalue weighted by Crippen LogP contribution is -2.40. The number of benzene rings is 2. The van der Waals surface area contributed by atoms with Crippen molar-refractivity contribution in [1.29, 1.82) is 5.26 Å². The number of hydrogen-bond acceptors (Lipinski definition) is 5. The maximum Gasteiger partial charge on any atom is 0.347 e. The number of carbonyl (C=O) groups is 2. The molecule has 0 unspecified atom stereocenters. The SMILES string of the molecule is CCC[C@@H](NC(=O)[C@H](C)OC(=O)[C@@H](C)Oc1ccc(C#N)cc1)c1ccccc1. The molecule has 0 aliphatic rings. The molecule has 1 amide bonds. The van der Waals surface area contributed by atoms with Crippen LogP contribution in [0.2, 0.25) is 0 Å². The van der Waals surface area contributed by atoms with Gasteiger partial charge in [-0.05, 0) is 50.1 Å². The van der Waals surface area contributed by atoms with Crippen molar-refractivity contribution < 1.29 is 19.1 Å². The van der Waals surface area contributed by atoms with Crippen LogP contribution in [0.5, 0.6) is 5.75 Å². The van der Waals surface area contributed by atoms with E-state index in [0.717, 1.165) is 18.4 Å². The molecule has 2 aromatic rings. The highest BCUT2D eigenvalue weighted by atomic mass is 16.6. The van der Waals surface area contributed by atoms with E-state index in [1.807, 2.05) is 43.3 Å². The van der Waals surface area contributed by atoms with Crippen LogP contribution in [0.4, 0.5) is 0 Å². The Bertz CT molecular complexity index is 843. The molecule has 0 heterocycles. The van der Waals surface area contributed by atoms with Gasteiger partial charge in [-0.1, -0.05) is 43.7 Å². The first-order chi connectivity index (χ1) is 13.9. The number of hydrogen-bond donors (Lipinski definition) is 1. The molecule has 0 aliphatic carbocycles. The number of rotatable bonds is 9. The maximum atomic E-state index is 12.5. The van der Waals surface area contributed by atoms with Crippen molar-refractivity contribution in [2.24, 2.45) is 0 Å². The molecule has 3 atom stereocenters. The van der Waals surface area contributed by atoms with E-state index in [2.05, 4.69) is 5.32 Å². The van der Waals surface area contributed by atoms with Gasteiger partial charge < -0.3 is 14.8 Å². The zero-order valence-electron chi connectivity index (χ0n) is 16.9. The Balaban J connectivity index is 1.91. The molecule has 0 bridgehead atoms. The van der Waals surface area contributed by atoms with Gasteiger partial charge in [0.1, 0.15) is 5.75 Å². The summed E-state index contributed by atoms with van der Waals surface area (Å²) in [5, 5.41) is 11.8. The molecule has 29 heavy (non-hydrogen) atoms. The quantitative estimate of drug-likeness (QED) is 0.651. The molecule has 0 saturated heterocycles. The van der Waals surface area contributed by atoms with Crippen LogP contribution < -0.4 is 10.1 Å². The van der Waals surface area contributed by atoms with Crippen LogP contribution in [-0.4, -0.2) is 24.1 Å². The van der Waals surface area contributed by atoms with Crippen LogP contribution in [-0.2, 0) is 14.3 Å². The van der Waals surface area contributed by atoms with Gasteiger partial charge in [-0.3, -0.25) is 4.79 Å². The minimum atomic E-state index is -0.947. The number of carbonyl (C=O) groups excluding carboxylic acids is 2. The van der Waals surface area contributed by atoms with Crippen LogP contribution in [0.1, 0.15) is 50.8 Å². The summed E-state index contributed by atoms with van der Waals surface area (Å²) in [4.78, 5) is 24.8. The summed E-state index contributed by atoms with van der Waals surface area (Å²) < 4.78 is 10.8. The van der Waals surface area contributed by atoms with Gasteiger partial charge in [0, 0.05) is 0 Å². The summed E-state index contributed by atoms with van der Waals surface area (Å²) in [5.74, 6) is -0.548. The molecule has 0 aromatic heterocycles. The fourth-order valence-electron chi connectivity index (χ4n) is 2.77. The van der Waals surface area contributed by atoms with Crippen molar-refractivity contribution in [3.63, 3.8) is 0 Å². The topological polar surface area (TPSA) is 88.4 Å².